The molecule has 0 bridgehead atoms. The third-order valence-electron chi connectivity index (χ3n) is 4.10. The van der Waals surface area contributed by atoms with Gasteiger partial charge in [-0.25, -0.2) is 0 Å². The van der Waals surface area contributed by atoms with E-state index in [9.17, 15) is 10.1 Å². The number of benzene rings is 1. The van der Waals surface area contributed by atoms with Crippen LogP contribution in [0, 0.1) is 17.2 Å². The first-order valence-electron chi connectivity index (χ1n) is 7.64. The van der Waals surface area contributed by atoms with Crippen LogP contribution in [0.1, 0.15) is 32.6 Å². The lowest BCUT2D eigenvalue weighted by Crippen LogP contribution is -2.34. The molecule has 1 aliphatic carbocycles. The molecule has 6 heteroatoms. The molecule has 0 saturated heterocycles. The molecule has 1 aromatic carbocycles. The molecule has 2 N–H and O–H groups in total. The highest BCUT2D eigenvalue weighted by molar-refractivity contribution is 6.36. The number of halogens is 2. The molecule has 0 heterocycles. The zero-order chi connectivity index (χ0) is 16.8. The van der Waals surface area contributed by atoms with Crippen LogP contribution in [-0.2, 0) is 4.79 Å². The van der Waals surface area contributed by atoms with Gasteiger partial charge in [0, 0.05) is 17.3 Å². The molecular formula is C17H19Cl2N3O. The van der Waals surface area contributed by atoms with Crippen molar-refractivity contribution in [3.8, 4) is 6.07 Å². The number of hydrogen-bond acceptors (Lipinski definition) is 3. The van der Waals surface area contributed by atoms with Gasteiger partial charge in [0.25, 0.3) is 5.91 Å². The van der Waals surface area contributed by atoms with E-state index >= 15 is 0 Å². The number of rotatable bonds is 4. The largest absolute Gasteiger partial charge is 0.387 e. The molecular weight excluding hydrogens is 333 g/mol. The van der Waals surface area contributed by atoms with Crippen LogP contribution in [0.5, 0.6) is 0 Å². The molecule has 0 aromatic heterocycles. The van der Waals surface area contributed by atoms with Crippen molar-refractivity contribution in [2.45, 2.75) is 38.6 Å². The van der Waals surface area contributed by atoms with Crippen molar-refractivity contribution in [3.63, 3.8) is 0 Å². The van der Waals surface area contributed by atoms with E-state index in [-0.39, 0.29) is 5.57 Å². The highest BCUT2D eigenvalue weighted by Crippen LogP contribution is 2.26. The average molecular weight is 352 g/mol. The summed E-state index contributed by atoms with van der Waals surface area (Å²) < 4.78 is 0. The Morgan fingerprint density at radius 3 is 2.74 bits per heavy atom. The minimum Gasteiger partial charge on any atom is -0.387 e. The highest BCUT2D eigenvalue weighted by atomic mass is 35.5. The fraction of sp³-hybridized carbons (Fsp3) is 0.412. The lowest BCUT2D eigenvalue weighted by Gasteiger charge is -2.29. The number of nitrogens with one attached hydrogen (secondary N) is 2. The van der Waals surface area contributed by atoms with Crippen molar-refractivity contribution in [1.29, 1.82) is 5.26 Å². The summed E-state index contributed by atoms with van der Waals surface area (Å²) in [6, 6.07) is 7.00. The number of carbonyl (C=O) groups excluding carboxylic acids is 1. The Bertz CT molecular complexity index is 652. The van der Waals surface area contributed by atoms with E-state index in [4.69, 9.17) is 23.2 Å². The second-order valence-corrected chi connectivity index (χ2v) is 6.63. The maximum atomic E-state index is 12.2. The number of nitrogens with zero attached hydrogens (tertiary/aromatic N) is 1. The maximum absolute atomic E-state index is 12.2. The molecule has 1 aromatic rings. The second kappa shape index (κ2) is 8.24. The quantitative estimate of drug-likeness (QED) is 0.619. The van der Waals surface area contributed by atoms with Crippen molar-refractivity contribution in [1.82, 2.24) is 5.32 Å². The second-order valence-electron chi connectivity index (χ2n) is 5.78. The van der Waals surface area contributed by atoms with Crippen molar-refractivity contribution >= 4 is 34.8 Å². The van der Waals surface area contributed by atoms with Gasteiger partial charge in [0.2, 0.25) is 0 Å². The van der Waals surface area contributed by atoms with Crippen molar-refractivity contribution in [2.75, 3.05) is 5.32 Å². The summed E-state index contributed by atoms with van der Waals surface area (Å²) in [5.41, 5.74) is 0.446. The number of hydrogen-bond donors (Lipinski definition) is 2. The van der Waals surface area contributed by atoms with Crippen LogP contribution in [0.3, 0.4) is 0 Å². The lowest BCUT2D eigenvalue weighted by molar-refractivity contribution is -0.112. The number of carbonyl (C=O) groups is 1. The zero-order valence-corrected chi connectivity index (χ0v) is 14.4. The van der Waals surface area contributed by atoms with Crippen molar-refractivity contribution in [2.24, 2.45) is 5.92 Å². The topological polar surface area (TPSA) is 64.9 Å². The standard InChI is InChI=1S/C17H19Cl2N3O/c1-11-4-2-3-5-15(11)21-10-12(9-20)17(23)22-16-7-6-13(18)8-14(16)19/h6-8,10-11,15,21H,2-5H2,1H3,(H,22,23)/b12-10-. The predicted octanol–water partition coefficient (Wildman–Crippen LogP) is 4.51. The molecule has 122 valence electrons. The molecule has 0 aliphatic heterocycles. The van der Waals surface area contributed by atoms with E-state index in [1.165, 1.54) is 31.5 Å². The molecule has 2 unspecified atom stereocenters. The molecule has 1 aliphatic rings. The van der Waals surface area contributed by atoms with Crippen LogP contribution >= 0.6 is 23.2 Å². The van der Waals surface area contributed by atoms with Crippen molar-refractivity contribution in [3.05, 3.63) is 40.0 Å². The Balaban J connectivity index is 2.03. The van der Waals surface area contributed by atoms with Crippen LogP contribution < -0.4 is 10.6 Å². The molecule has 2 atom stereocenters. The summed E-state index contributed by atoms with van der Waals surface area (Å²) in [6.45, 7) is 2.18. The SMILES string of the molecule is CC1CCCCC1N/C=C(/C#N)C(=O)Nc1ccc(Cl)cc1Cl. The van der Waals surface area contributed by atoms with E-state index in [1.54, 1.807) is 12.1 Å². The van der Waals surface area contributed by atoms with Gasteiger partial charge in [-0.1, -0.05) is 43.0 Å². The Kier molecular flexibility index (Phi) is 6.32. The Hall–Kier alpha value is -1.70. The third-order valence-corrected chi connectivity index (χ3v) is 4.65. The monoisotopic (exact) mass is 351 g/mol. The number of nitriles is 1. The Labute approximate surface area is 146 Å². The predicted molar refractivity (Wildman–Crippen MR) is 93.3 cm³/mol. The molecule has 4 nitrogen and oxygen atoms in total. The lowest BCUT2D eigenvalue weighted by atomic mass is 9.86. The fourth-order valence-electron chi connectivity index (χ4n) is 2.68. The van der Waals surface area contributed by atoms with Gasteiger partial charge in [0.05, 0.1) is 10.7 Å². The first-order valence-corrected chi connectivity index (χ1v) is 8.39. The van der Waals surface area contributed by atoms with E-state index in [2.05, 4.69) is 17.6 Å². The van der Waals surface area contributed by atoms with E-state index < -0.39 is 5.91 Å². The van der Waals surface area contributed by atoms with E-state index in [1.807, 2.05) is 6.07 Å². The highest BCUT2D eigenvalue weighted by Gasteiger charge is 2.20. The molecule has 1 saturated carbocycles. The van der Waals surface area contributed by atoms with Gasteiger partial charge >= 0.3 is 0 Å². The summed E-state index contributed by atoms with van der Waals surface area (Å²) >= 11 is 11.8. The first kappa shape index (κ1) is 17.7. The summed E-state index contributed by atoms with van der Waals surface area (Å²) in [6.07, 6.45) is 6.14. The Morgan fingerprint density at radius 1 is 1.35 bits per heavy atom. The summed E-state index contributed by atoms with van der Waals surface area (Å²) in [5.74, 6) is 0.0430. The smallest absolute Gasteiger partial charge is 0.267 e. The average Bonchev–Trinajstić information content (AvgIpc) is 2.52. The number of amides is 1. The van der Waals surface area contributed by atoms with Gasteiger partial charge in [0.15, 0.2) is 0 Å². The molecule has 0 spiro atoms. The van der Waals surface area contributed by atoms with Gasteiger partial charge in [-0.15, -0.1) is 0 Å². The van der Waals surface area contributed by atoms with E-state index in [0.717, 1.165) is 6.42 Å². The van der Waals surface area contributed by atoms with Gasteiger partial charge in [-0.05, 0) is 37.0 Å². The zero-order valence-electron chi connectivity index (χ0n) is 12.9. The van der Waals surface area contributed by atoms with Gasteiger partial charge < -0.3 is 10.6 Å². The molecule has 2 rings (SSSR count). The van der Waals surface area contributed by atoms with Crippen molar-refractivity contribution < 1.29 is 4.79 Å². The van der Waals surface area contributed by atoms with Gasteiger partial charge in [-0.3, -0.25) is 4.79 Å². The van der Waals surface area contributed by atoms with Gasteiger partial charge in [0.1, 0.15) is 11.6 Å². The van der Waals surface area contributed by atoms with Crippen LogP contribution in [0.2, 0.25) is 10.0 Å². The fourth-order valence-corrected chi connectivity index (χ4v) is 3.14. The third kappa shape index (κ3) is 4.89. The molecule has 1 amide bonds. The number of anilines is 1. The van der Waals surface area contributed by atoms with Crippen LogP contribution in [0.25, 0.3) is 0 Å². The van der Waals surface area contributed by atoms with Crippen LogP contribution in [0.4, 0.5) is 5.69 Å². The Morgan fingerprint density at radius 2 is 2.09 bits per heavy atom. The molecule has 1 fully saturated rings. The summed E-state index contributed by atoms with van der Waals surface area (Å²) in [5, 5.41) is 15.9. The summed E-state index contributed by atoms with van der Waals surface area (Å²) in [4.78, 5) is 12.2. The molecule has 23 heavy (non-hydrogen) atoms. The van der Waals surface area contributed by atoms with Crippen LogP contribution in [-0.4, -0.2) is 11.9 Å². The van der Waals surface area contributed by atoms with E-state index in [0.29, 0.717) is 27.7 Å². The normalized spacial score (nSPS) is 21.4. The summed E-state index contributed by atoms with van der Waals surface area (Å²) in [7, 11) is 0. The maximum Gasteiger partial charge on any atom is 0.267 e. The molecule has 0 radical (unpaired) electrons. The minimum absolute atomic E-state index is 0.0220. The van der Waals surface area contributed by atoms with Gasteiger partial charge in [-0.2, -0.15) is 5.26 Å². The van der Waals surface area contributed by atoms with Crippen LogP contribution in [0.15, 0.2) is 30.0 Å². The minimum atomic E-state index is -0.493. The first-order chi connectivity index (χ1) is 11.0.